The van der Waals surface area contributed by atoms with Gasteiger partial charge >= 0.3 is 13.7 Å². The largest absolute Gasteiger partial charge is 0.462 e. The molecule has 36 heavy (non-hydrogen) atoms. The number of nitrogens with zero attached hydrogens (tertiary/aromatic N) is 3. The molecule has 2 aromatic heterocycles. The molecule has 13 heteroatoms. The predicted molar refractivity (Wildman–Crippen MR) is 133 cm³/mol. The molecule has 1 aromatic carbocycles. The maximum absolute atomic E-state index is 13.6. The molecule has 3 aromatic rings. The van der Waals surface area contributed by atoms with Gasteiger partial charge < -0.3 is 19.6 Å². The van der Waals surface area contributed by atoms with Crippen LogP contribution >= 0.6 is 7.75 Å². The van der Waals surface area contributed by atoms with Crippen molar-refractivity contribution < 1.29 is 23.1 Å². The average Bonchev–Trinajstić information content (AvgIpc) is 3.45. The zero-order valence-electron chi connectivity index (χ0n) is 20.2. The summed E-state index contributed by atoms with van der Waals surface area (Å²) in [6.07, 6.45) is 5.66. The third-order valence-corrected chi connectivity index (χ3v) is 7.09. The van der Waals surface area contributed by atoms with Crippen LogP contribution in [0, 0.1) is 5.92 Å². The number of carbonyl (C=O) groups is 1. The highest BCUT2D eigenvalue weighted by molar-refractivity contribution is 7.52. The molecule has 0 saturated heterocycles. The summed E-state index contributed by atoms with van der Waals surface area (Å²) in [5.41, 5.74) is 5.86. The summed E-state index contributed by atoms with van der Waals surface area (Å²) in [7, 11) is -3.96. The van der Waals surface area contributed by atoms with E-state index >= 15 is 0 Å². The van der Waals surface area contributed by atoms with Crippen molar-refractivity contribution in [1.29, 1.82) is 0 Å². The fourth-order valence-electron chi connectivity index (χ4n) is 3.80. The minimum Gasteiger partial charge on any atom is -0.462 e. The van der Waals surface area contributed by atoms with Crippen LogP contribution in [-0.2, 0) is 18.6 Å². The molecule has 4 atom stereocenters. The highest BCUT2D eigenvalue weighted by atomic mass is 31.2. The molecule has 1 aliphatic carbocycles. The van der Waals surface area contributed by atoms with Crippen molar-refractivity contribution in [3.63, 3.8) is 0 Å². The first-order valence-electron chi connectivity index (χ1n) is 11.5. The number of imidazole rings is 1. The molecule has 2 heterocycles. The average molecular weight is 516 g/mol. The summed E-state index contributed by atoms with van der Waals surface area (Å²) in [6.45, 7) is 5.05. The van der Waals surface area contributed by atoms with Gasteiger partial charge in [0.2, 0.25) is 5.95 Å². The number of rotatable bonds is 10. The second-order valence-corrected chi connectivity index (χ2v) is 10.5. The second kappa shape index (κ2) is 10.7. The standard InChI is InChI=1S/C23H29N6O6P/c1-14(2)34-22(31)15(3)28-36(32,35-18-7-5-4-6-8-18)33-12-16-9-10-17(11-16)29-13-25-19-20(29)26-23(24)27-21(19)30/h4-10,13-17H,11-12H2,1-3H3,(H,28,32)(H3,24,26,27,30)/t15-,16?,17?,36?/m0/s1. The van der Waals surface area contributed by atoms with Crippen LogP contribution in [0.3, 0.4) is 0 Å². The smallest absolute Gasteiger partial charge is 0.459 e. The van der Waals surface area contributed by atoms with Gasteiger partial charge in [-0.1, -0.05) is 30.4 Å². The summed E-state index contributed by atoms with van der Waals surface area (Å²) in [5, 5.41) is 2.68. The van der Waals surface area contributed by atoms with Gasteiger partial charge in [0.1, 0.15) is 11.8 Å². The quantitative estimate of drug-likeness (QED) is 0.207. The number of nitrogens with two attached hydrogens (primary N) is 1. The Kier molecular flexibility index (Phi) is 7.58. The molecule has 0 radical (unpaired) electrons. The number of aromatic amines is 1. The molecular weight excluding hydrogens is 487 g/mol. The summed E-state index contributed by atoms with van der Waals surface area (Å²) < 4.78 is 32.1. The lowest BCUT2D eigenvalue weighted by Crippen LogP contribution is -2.36. The Morgan fingerprint density at radius 2 is 2.03 bits per heavy atom. The zero-order chi connectivity index (χ0) is 25.9. The molecule has 1 aliphatic rings. The van der Waals surface area contributed by atoms with Gasteiger partial charge in [-0.2, -0.15) is 10.1 Å². The van der Waals surface area contributed by atoms with E-state index in [1.54, 1.807) is 48.7 Å². The van der Waals surface area contributed by atoms with E-state index in [-0.39, 0.29) is 36.1 Å². The van der Waals surface area contributed by atoms with Crippen molar-refractivity contribution >= 4 is 30.8 Å². The van der Waals surface area contributed by atoms with Crippen molar-refractivity contribution in [1.82, 2.24) is 24.6 Å². The van der Waals surface area contributed by atoms with Gasteiger partial charge in [-0.25, -0.2) is 9.55 Å². The van der Waals surface area contributed by atoms with Crippen molar-refractivity contribution in [3.05, 3.63) is 59.2 Å². The first-order valence-corrected chi connectivity index (χ1v) is 13.1. The number of carbonyl (C=O) groups excluding carboxylic acids is 1. The van der Waals surface area contributed by atoms with Crippen LogP contribution in [0.1, 0.15) is 33.2 Å². The monoisotopic (exact) mass is 516 g/mol. The maximum Gasteiger partial charge on any atom is 0.459 e. The molecule has 4 N–H and O–H groups in total. The molecule has 192 valence electrons. The van der Waals surface area contributed by atoms with Crippen LogP contribution in [0.25, 0.3) is 11.2 Å². The first-order chi connectivity index (χ1) is 17.1. The number of nitrogen functional groups attached to an aromatic ring is 1. The predicted octanol–water partition coefficient (Wildman–Crippen LogP) is 2.95. The van der Waals surface area contributed by atoms with E-state index < -0.39 is 25.3 Å². The number of fused-ring (bicyclic) bond motifs is 1. The van der Waals surface area contributed by atoms with Gasteiger partial charge in [0.05, 0.1) is 25.1 Å². The van der Waals surface area contributed by atoms with Gasteiger partial charge in [-0.15, -0.1) is 0 Å². The summed E-state index contributed by atoms with van der Waals surface area (Å²) in [4.78, 5) is 35.2. The lowest BCUT2D eigenvalue weighted by molar-refractivity contribution is -0.149. The Bertz CT molecular complexity index is 1350. The van der Waals surface area contributed by atoms with Crippen LogP contribution in [0.5, 0.6) is 5.75 Å². The molecule has 0 fully saturated rings. The number of ether oxygens (including phenoxy) is 1. The minimum absolute atomic E-state index is 0.00583. The van der Waals surface area contributed by atoms with E-state index in [0.717, 1.165) is 0 Å². The van der Waals surface area contributed by atoms with Gasteiger partial charge in [-0.3, -0.25) is 19.1 Å². The van der Waals surface area contributed by atoms with Gasteiger partial charge in [0.15, 0.2) is 11.2 Å². The number of nitrogens with one attached hydrogen (secondary N) is 2. The summed E-state index contributed by atoms with van der Waals surface area (Å²) in [5.74, 6) is -0.359. The number of allylic oxidation sites excluding steroid dienone is 1. The molecule has 0 aliphatic heterocycles. The Hall–Kier alpha value is -3.47. The molecule has 3 unspecified atom stereocenters. The Labute approximate surface area is 207 Å². The number of H-pyrrole nitrogens is 1. The molecule has 4 rings (SSSR count). The minimum atomic E-state index is -3.96. The molecule has 0 bridgehead atoms. The Morgan fingerprint density at radius 1 is 1.28 bits per heavy atom. The number of hydrogen-bond donors (Lipinski definition) is 3. The lowest BCUT2D eigenvalue weighted by Gasteiger charge is -2.24. The fraction of sp³-hybridized carbons (Fsp3) is 0.391. The van der Waals surface area contributed by atoms with E-state index in [1.807, 2.05) is 12.2 Å². The van der Waals surface area contributed by atoms with E-state index in [0.29, 0.717) is 17.8 Å². The van der Waals surface area contributed by atoms with Crippen molar-refractivity contribution in [2.45, 2.75) is 45.4 Å². The van der Waals surface area contributed by atoms with Crippen LogP contribution in [0.4, 0.5) is 5.95 Å². The van der Waals surface area contributed by atoms with Crippen LogP contribution in [-0.4, -0.2) is 44.2 Å². The van der Waals surface area contributed by atoms with Gasteiger partial charge in [0, 0.05) is 5.92 Å². The van der Waals surface area contributed by atoms with E-state index in [1.165, 1.54) is 13.3 Å². The van der Waals surface area contributed by atoms with E-state index in [4.69, 9.17) is 19.5 Å². The van der Waals surface area contributed by atoms with E-state index in [2.05, 4.69) is 20.0 Å². The number of benzene rings is 1. The Morgan fingerprint density at radius 3 is 2.75 bits per heavy atom. The van der Waals surface area contributed by atoms with Gasteiger partial charge in [-0.05, 0) is 39.3 Å². The lowest BCUT2D eigenvalue weighted by atomic mass is 10.1. The molecule has 0 spiro atoms. The van der Waals surface area contributed by atoms with Crippen molar-refractivity contribution in [2.24, 2.45) is 5.92 Å². The van der Waals surface area contributed by atoms with Gasteiger partial charge in [0.25, 0.3) is 5.56 Å². The zero-order valence-corrected chi connectivity index (χ0v) is 21.1. The Balaban J connectivity index is 1.45. The topological polar surface area (TPSA) is 163 Å². The third kappa shape index (κ3) is 6.01. The fourth-order valence-corrected chi connectivity index (χ4v) is 5.34. The molecular formula is C23H29N6O6P. The number of anilines is 1. The number of hydrogen-bond acceptors (Lipinski definition) is 9. The normalized spacial score (nSPS) is 19.9. The molecule has 12 nitrogen and oxygen atoms in total. The van der Waals surface area contributed by atoms with E-state index in [9.17, 15) is 14.2 Å². The van der Waals surface area contributed by atoms with Crippen LogP contribution < -0.4 is 20.9 Å². The SMILES string of the molecule is CC(C)OC(=O)[C@H](C)NP(=O)(OCC1C=CC(n2cnc3c(=O)[nH]c(N)nc32)C1)Oc1ccccc1. The number of para-hydroxylation sites is 1. The van der Waals surface area contributed by atoms with Crippen LogP contribution in [0.2, 0.25) is 0 Å². The highest BCUT2D eigenvalue weighted by Gasteiger charge is 2.34. The highest BCUT2D eigenvalue weighted by Crippen LogP contribution is 2.46. The second-order valence-electron chi connectivity index (χ2n) is 8.76. The number of esters is 1. The number of aromatic nitrogens is 4. The van der Waals surface area contributed by atoms with Crippen molar-refractivity contribution in [3.8, 4) is 5.75 Å². The van der Waals surface area contributed by atoms with Crippen molar-refractivity contribution in [2.75, 3.05) is 12.3 Å². The first kappa shape index (κ1) is 25.6. The molecule has 0 amide bonds. The van der Waals surface area contributed by atoms with Crippen LogP contribution in [0.15, 0.2) is 53.6 Å². The third-order valence-electron chi connectivity index (χ3n) is 5.44. The maximum atomic E-state index is 13.6. The summed E-state index contributed by atoms with van der Waals surface area (Å²) >= 11 is 0. The molecule has 0 saturated carbocycles. The summed E-state index contributed by atoms with van der Waals surface area (Å²) in [6, 6.07) is 7.48.